The van der Waals surface area contributed by atoms with Crippen molar-refractivity contribution in [3.05, 3.63) is 64.6 Å². The largest absolute Gasteiger partial charge is 0.482 e. The van der Waals surface area contributed by atoms with E-state index < -0.39 is 12.1 Å². The predicted molar refractivity (Wildman–Crippen MR) is 93.6 cm³/mol. The summed E-state index contributed by atoms with van der Waals surface area (Å²) >= 11 is 3.32. The van der Waals surface area contributed by atoms with Crippen molar-refractivity contribution in [2.24, 2.45) is 0 Å². The average Bonchev–Trinajstić information content (AvgIpc) is 2.59. The Morgan fingerprint density at radius 1 is 1.04 bits per heavy atom. The summed E-state index contributed by atoms with van der Waals surface area (Å²) in [4.78, 5) is 25.7. The van der Waals surface area contributed by atoms with Crippen LogP contribution in [0.25, 0.3) is 0 Å². The Morgan fingerprint density at radius 3 is 2.25 bits per heavy atom. The summed E-state index contributed by atoms with van der Waals surface area (Å²) in [5.41, 5.74) is 0.619. The van der Waals surface area contributed by atoms with Gasteiger partial charge in [0.25, 0.3) is 5.91 Å². The van der Waals surface area contributed by atoms with Crippen molar-refractivity contribution in [1.29, 1.82) is 0 Å². The molecule has 24 heavy (non-hydrogen) atoms. The predicted octanol–water partition coefficient (Wildman–Crippen LogP) is 3.20. The molecule has 0 radical (unpaired) electrons. The Morgan fingerprint density at radius 2 is 1.67 bits per heavy atom. The zero-order valence-corrected chi connectivity index (χ0v) is 15.0. The van der Waals surface area contributed by atoms with Gasteiger partial charge in [0.15, 0.2) is 6.61 Å². The summed E-state index contributed by atoms with van der Waals surface area (Å²) in [6.45, 7) is -0.272. The maximum absolute atomic E-state index is 12.3. The zero-order chi connectivity index (χ0) is 17.5. The van der Waals surface area contributed by atoms with Gasteiger partial charge in [0, 0.05) is 24.1 Å². The molecule has 126 valence electrons. The molecule has 0 fully saturated rings. The molecule has 0 saturated carbocycles. The van der Waals surface area contributed by atoms with Gasteiger partial charge >= 0.3 is 5.97 Å². The molecule has 0 heterocycles. The van der Waals surface area contributed by atoms with Gasteiger partial charge in [-0.3, -0.25) is 4.79 Å². The van der Waals surface area contributed by atoms with Crippen LogP contribution in [0.1, 0.15) is 11.7 Å². The Kier molecular flexibility index (Phi) is 6.37. The fourth-order valence-corrected chi connectivity index (χ4v) is 2.23. The number of esters is 1. The Balaban J connectivity index is 2.02. The van der Waals surface area contributed by atoms with Crippen LogP contribution in [0, 0.1) is 0 Å². The van der Waals surface area contributed by atoms with Crippen molar-refractivity contribution in [3.8, 4) is 5.75 Å². The molecule has 0 aliphatic carbocycles. The molecule has 0 aromatic heterocycles. The standard InChI is InChI=1S/C18H18BrNO4/c1-20(2)18(22)17(13-6-4-3-5-7-13)24-16(21)12-23-15-10-8-14(19)9-11-15/h3-11,17H,12H2,1-2H3/t17-/m1/s1. The zero-order valence-electron chi connectivity index (χ0n) is 13.4. The van der Waals surface area contributed by atoms with Crippen molar-refractivity contribution >= 4 is 27.8 Å². The first kappa shape index (κ1) is 18.0. The Labute approximate surface area is 149 Å². The first-order valence-corrected chi connectivity index (χ1v) is 8.10. The second-order valence-electron chi connectivity index (χ2n) is 5.26. The fourth-order valence-electron chi connectivity index (χ4n) is 1.96. The molecule has 2 aromatic rings. The van der Waals surface area contributed by atoms with E-state index >= 15 is 0 Å². The lowest BCUT2D eigenvalue weighted by atomic mass is 10.1. The second-order valence-corrected chi connectivity index (χ2v) is 6.17. The SMILES string of the molecule is CN(C)C(=O)[C@H](OC(=O)COc1ccc(Br)cc1)c1ccccc1. The van der Waals surface area contributed by atoms with E-state index in [1.165, 1.54) is 4.90 Å². The number of hydrogen-bond acceptors (Lipinski definition) is 4. The van der Waals surface area contributed by atoms with Gasteiger partial charge in [0.1, 0.15) is 5.75 Å². The van der Waals surface area contributed by atoms with E-state index in [1.807, 2.05) is 18.2 Å². The smallest absolute Gasteiger partial charge is 0.345 e. The van der Waals surface area contributed by atoms with Gasteiger partial charge in [-0.25, -0.2) is 4.79 Å². The number of hydrogen-bond donors (Lipinski definition) is 0. The monoisotopic (exact) mass is 391 g/mol. The molecule has 0 unspecified atom stereocenters. The highest BCUT2D eigenvalue weighted by atomic mass is 79.9. The molecule has 5 nitrogen and oxygen atoms in total. The fraction of sp³-hybridized carbons (Fsp3) is 0.222. The first-order chi connectivity index (χ1) is 11.5. The van der Waals surface area contributed by atoms with Gasteiger partial charge in [-0.15, -0.1) is 0 Å². The Bertz CT molecular complexity index is 686. The summed E-state index contributed by atoms with van der Waals surface area (Å²) in [7, 11) is 3.23. The van der Waals surface area contributed by atoms with Gasteiger partial charge in [-0.1, -0.05) is 46.3 Å². The molecule has 0 N–H and O–H groups in total. The molecular formula is C18H18BrNO4. The number of carbonyl (C=O) groups is 2. The van der Waals surface area contributed by atoms with Gasteiger partial charge in [0.2, 0.25) is 6.10 Å². The number of nitrogens with zero attached hydrogens (tertiary/aromatic N) is 1. The van der Waals surface area contributed by atoms with E-state index in [1.54, 1.807) is 50.5 Å². The number of rotatable bonds is 6. The molecule has 0 aliphatic heterocycles. The molecule has 0 spiro atoms. The van der Waals surface area contributed by atoms with E-state index in [2.05, 4.69) is 15.9 Å². The van der Waals surface area contributed by atoms with Crippen LogP contribution in [-0.2, 0) is 14.3 Å². The summed E-state index contributed by atoms with van der Waals surface area (Å²) in [6.07, 6.45) is -0.984. The van der Waals surface area contributed by atoms with Crippen molar-refractivity contribution < 1.29 is 19.1 Å². The highest BCUT2D eigenvalue weighted by Gasteiger charge is 2.26. The summed E-state index contributed by atoms with van der Waals surface area (Å²) in [6, 6.07) is 16.0. The van der Waals surface area contributed by atoms with Crippen LogP contribution in [0.4, 0.5) is 0 Å². The van der Waals surface area contributed by atoms with Crippen LogP contribution in [0.15, 0.2) is 59.1 Å². The minimum Gasteiger partial charge on any atom is -0.482 e. The molecule has 0 bridgehead atoms. The first-order valence-electron chi connectivity index (χ1n) is 7.31. The minimum absolute atomic E-state index is 0.272. The van der Waals surface area contributed by atoms with Crippen LogP contribution in [0.2, 0.25) is 0 Å². The maximum Gasteiger partial charge on any atom is 0.345 e. The van der Waals surface area contributed by atoms with Crippen molar-refractivity contribution in [2.45, 2.75) is 6.10 Å². The molecule has 2 aromatic carbocycles. The quantitative estimate of drug-likeness (QED) is 0.709. The van der Waals surface area contributed by atoms with E-state index in [-0.39, 0.29) is 12.5 Å². The highest BCUT2D eigenvalue weighted by Crippen LogP contribution is 2.20. The van der Waals surface area contributed by atoms with Gasteiger partial charge in [-0.2, -0.15) is 0 Å². The van der Waals surface area contributed by atoms with Crippen LogP contribution in [0.3, 0.4) is 0 Å². The van der Waals surface area contributed by atoms with Crippen LogP contribution in [0.5, 0.6) is 5.75 Å². The summed E-state index contributed by atoms with van der Waals surface area (Å²) in [5, 5.41) is 0. The van der Waals surface area contributed by atoms with E-state index in [9.17, 15) is 9.59 Å². The lowest BCUT2D eigenvalue weighted by Gasteiger charge is -2.21. The average molecular weight is 392 g/mol. The van der Waals surface area contributed by atoms with E-state index in [0.29, 0.717) is 11.3 Å². The second kappa shape index (κ2) is 8.49. The summed E-state index contributed by atoms with van der Waals surface area (Å²) in [5.74, 6) is -0.370. The number of amides is 1. The third kappa shape index (κ3) is 5.09. The normalized spacial score (nSPS) is 11.5. The molecule has 2 rings (SSSR count). The van der Waals surface area contributed by atoms with Gasteiger partial charge < -0.3 is 14.4 Å². The lowest BCUT2D eigenvalue weighted by Crippen LogP contribution is -2.32. The number of halogens is 1. The third-order valence-electron chi connectivity index (χ3n) is 3.19. The maximum atomic E-state index is 12.3. The van der Waals surface area contributed by atoms with Crippen LogP contribution in [-0.4, -0.2) is 37.5 Å². The number of ether oxygens (including phenoxy) is 2. The van der Waals surface area contributed by atoms with Crippen molar-refractivity contribution in [1.82, 2.24) is 4.90 Å². The molecule has 1 atom stereocenters. The van der Waals surface area contributed by atoms with Crippen molar-refractivity contribution in [2.75, 3.05) is 20.7 Å². The number of likely N-dealkylation sites (N-methyl/N-ethyl adjacent to an activating group) is 1. The third-order valence-corrected chi connectivity index (χ3v) is 3.72. The number of benzene rings is 2. The van der Waals surface area contributed by atoms with Crippen molar-refractivity contribution in [3.63, 3.8) is 0 Å². The molecule has 0 saturated heterocycles. The topological polar surface area (TPSA) is 55.8 Å². The molecule has 1 amide bonds. The highest BCUT2D eigenvalue weighted by molar-refractivity contribution is 9.10. The number of carbonyl (C=O) groups excluding carboxylic acids is 2. The molecule has 0 aliphatic rings. The Hall–Kier alpha value is -2.34. The van der Waals surface area contributed by atoms with Gasteiger partial charge in [0.05, 0.1) is 0 Å². The summed E-state index contributed by atoms with van der Waals surface area (Å²) < 4.78 is 11.6. The van der Waals surface area contributed by atoms with Crippen LogP contribution < -0.4 is 4.74 Å². The van der Waals surface area contributed by atoms with Gasteiger partial charge in [-0.05, 0) is 24.3 Å². The minimum atomic E-state index is -0.984. The van der Waals surface area contributed by atoms with E-state index in [0.717, 1.165) is 4.47 Å². The van der Waals surface area contributed by atoms with Crippen LogP contribution >= 0.6 is 15.9 Å². The molecule has 6 heteroatoms. The lowest BCUT2D eigenvalue weighted by molar-refractivity contribution is -0.161. The molecular weight excluding hydrogens is 374 g/mol. The van der Waals surface area contributed by atoms with E-state index in [4.69, 9.17) is 9.47 Å².